The maximum absolute atomic E-state index is 13.5. The number of carbonyl (C=O) groups is 1. The van der Waals surface area contributed by atoms with Gasteiger partial charge in [-0.25, -0.2) is 8.42 Å². The fourth-order valence-corrected chi connectivity index (χ4v) is 4.56. The highest BCUT2D eigenvalue weighted by atomic mass is 32.2. The van der Waals surface area contributed by atoms with Crippen LogP contribution in [0.3, 0.4) is 0 Å². The molecule has 0 heterocycles. The Morgan fingerprint density at radius 1 is 1.00 bits per heavy atom. The van der Waals surface area contributed by atoms with E-state index >= 15 is 0 Å². The van der Waals surface area contributed by atoms with Crippen molar-refractivity contribution in [2.45, 2.75) is 11.8 Å². The number of benzene rings is 3. The minimum Gasteiger partial charge on any atom is -0.492 e. The third-order valence-electron chi connectivity index (χ3n) is 4.54. The minimum atomic E-state index is -4.05. The molecule has 0 fully saturated rings. The number of para-hydroxylation sites is 2. The van der Waals surface area contributed by atoms with Crippen molar-refractivity contribution in [2.24, 2.45) is 0 Å². The predicted octanol–water partition coefficient (Wildman–Crippen LogP) is 4.48. The van der Waals surface area contributed by atoms with Crippen LogP contribution >= 0.6 is 0 Å². The molecule has 1 amide bonds. The summed E-state index contributed by atoms with van der Waals surface area (Å²) < 4.78 is 39.2. The Morgan fingerprint density at radius 2 is 1.73 bits per heavy atom. The molecule has 0 unspecified atom stereocenters. The van der Waals surface area contributed by atoms with Gasteiger partial charge in [-0.15, -0.1) is 0 Å². The van der Waals surface area contributed by atoms with Crippen molar-refractivity contribution in [1.82, 2.24) is 0 Å². The number of nitrogens with one attached hydrogen (secondary N) is 1. The van der Waals surface area contributed by atoms with Gasteiger partial charge in [0.15, 0.2) is 0 Å². The zero-order valence-electron chi connectivity index (χ0n) is 18.3. The van der Waals surface area contributed by atoms with Gasteiger partial charge >= 0.3 is 0 Å². The Kier molecular flexibility index (Phi) is 8.10. The van der Waals surface area contributed by atoms with Crippen molar-refractivity contribution < 1.29 is 22.7 Å². The van der Waals surface area contributed by atoms with Crippen LogP contribution in [0.1, 0.15) is 6.92 Å². The summed E-state index contributed by atoms with van der Waals surface area (Å²) in [6, 6.07) is 21.5. The van der Waals surface area contributed by atoms with Crippen molar-refractivity contribution in [3.05, 3.63) is 91.5 Å². The lowest BCUT2D eigenvalue weighted by Gasteiger charge is -2.26. The van der Waals surface area contributed by atoms with E-state index in [4.69, 9.17) is 9.47 Å². The first-order valence-electron chi connectivity index (χ1n) is 10.4. The highest BCUT2D eigenvalue weighted by Crippen LogP contribution is 2.32. The van der Waals surface area contributed by atoms with E-state index in [0.29, 0.717) is 30.4 Å². The molecule has 0 aliphatic heterocycles. The van der Waals surface area contributed by atoms with Crippen LogP contribution in [0, 0.1) is 0 Å². The average molecular weight is 467 g/mol. The Bertz CT molecular complexity index is 1200. The number of carbonyl (C=O) groups excluding carboxylic acids is 1. The van der Waals surface area contributed by atoms with Crippen LogP contribution in [-0.2, 0) is 14.8 Å². The van der Waals surface area contributed by atoms with E-state index in [1.54, 1.807) is 79.7 Å². The van der Waals surface area contributed by atoms with E-state index in [1.807, 2.05) is 0 Å². The predicted molar refractivity (Wildman–Crippen MR) is 129 cm³/mol. The molecule has 0 spiro atoms. The summed E-state index contributed by atoms with van der Waals surface area (Å²) in [7, 11) is -4.05. The first kappa shape index (κ1) is 23.9. The van der Waals surface area contributed by atoms with E-state index in [0.717, 1.165) is 4.31 Å². The van der Waals surface area contributed by atoms with Crippen molar-refractivity contribution in [2.75, 3.05) is 29.4 Å². The number of anilines is 2. The second-order valence-electron chi connectivity index (χ2n) is 6.90. The Balaban J connectivity index is 1.92. The van der Waals surface area contributed by atoms with Crippen molar-refractivity contribution in [1.29, 1.82) is 0 Å². The first-order chi connectivity index (χ1) is 16.0. The monoisotopic (exact) mass is 466 g/mol. The van der Waals surface area contributed by atoms with Crippen LogP contribution in [0.2, 0.25) is 0 Å². The Labute approximate surface area is 194 Å². The number of rotatable bonds is 11. The fraction of sp³-hybridized carbons (Fsp3) is 0.160. The Hall–Kier alpha value is -3.78. The standard InChI is InChI=1S/C25H26N2O5S/c1-3-17-32-21-12-10-11-20(18-21)26-25(28)19-27(23-15-8-9-16-24(23)31-4-2)33(29,30)22-13-6-5-7-14-22/h3,5-16,18H,1,4,17,19H2,2H3,(H,26,28). The molecule has 3 rings (SSSR count). The highest BCUT2D eigenvalue weighted by Gasteiger charge is 2.29. The number of nitrogens with zero attached hydrogens (tertiary/aromatic N) is 1. The number of hydrogen-bond acceptors (Lipinski definition) is 5. The number of amides is 1. The molecule has 0 aliphatic carbocycles. The van der Waals surface area contributed by atoms with Crippen LogP contribution < -0.4 is 19.1 Å². The molecular weight excluding hydrogens is 440 g/mol. The summed E-state index contributed by atoms with van der Waals surface area (Å²) in [6.45, 7) is 5.65. The maximum atomic E-state index is 13.5. The average Bonchev–Trinajstić information content (AvgIpc) is 2.83. The largest absolute Gasteiger partial charge is 0.492 e. The third-order valence-corrected chi connectivity index (χ3v) is 6.31. The lowest BCUT2D eigenvalue weighted by molar-refractivity contribution is -0.114. The molecule has 172 valence electrons. The van der Waals surface area contributed by atoms with Crippen LogP contribution in [0.15, 0.2) is 96.4 Å². The normalized spacial score (nSPS) is 10.8. The molecule has 0 aliphatic rings. The molecule has 8 heteroatoms. The zero-order chi connectivity index (χ0) is 23.7. The topological polar surface area (TPSA) is 84.9 Å². The van der Waals surface area contributed by atoms with Gasteiger partial charge in [-0.2, -0.15) is 0 Å². The SMILES string of the molecule is C=CCOc1cccc(NC(=O)CN(c2ccccc2OCC)S(=O)(=O)c2ccccc2)c1. The minimum absolute atomic E-state index is 0.0731. The zero-order valence-corrected chi connectivity index (χ0v) is 19.1. The molecular formula is C25H26N2O5S. The summed E-state index contributed by atoms with van der Waals surface area (Å²) in [5.41, 5.74) is 0.762. The molecule has 0 radical (unpaired) electrons. The van der Waals surface area contributed by atoms with Gasteiger partial charge < -0.3 is 14.8 Å². The van der Waals surface area contributed by atoms with Crippen LogP contribution in [0.25, 0.3) is 0 Å². The van der Waals surface area contributed by atoms with Gasteiger partial charge in [-0.05, 0) is 43.3 Å². The van der Waals surface area contributed by atoms with E-state index < -0.39 is 22.5 Å². The van der Waals surface area contributed by atoms with Gasteiger partial charge in [0.05, 0.1) is 17.2 Å². The molecule has 0 bridgehead atoms. The van der Waals surface area contributed by atoms with Crippen molar-refractivity contribution in [3.63, 3.8) is 0 Å². The summed E-state index contributed by atoms with van der Waals surface area (Å²) in [4.78, 5) is 13.0. The summed E-state index contributed by atoms with van der Waals surface area (Å²) in [5, 5.41) is 2.74. The lowest BCUT2D eigenvalue weighted by Crippen LogP contribution is -2.38. The van der Waals surface area contributed by atoms with Gasteiger partial charge in [-0.3, -0.25) is 9.10 Å². The second-order valence-corrected chi connectivity index (χ2v) is 8.76. The molecule has 1 N–H and O–H groups in total. The van der Waals surface area contributed by atoms with Gasteiger partial charge in [0.2, 0.25) is 5.91 Å². The molecule has 33 heavy (non-hydrogen) atoms. The summed E-state index contributed by atoms with van der Waals surface area (Å²) >= 11 is 0. The third kappa shape index (κ3) is 6.14. The van der Waals surface area contributed by atoms with Gasteiger partial charge in [0.1, 0.15) is 24.7 Å². The molecule has 7 nitrogen and oxygen atoms in total. The van der Waals surface area contributed by atoms with Crippen LogP contribution in [0.4, 0.5) is 11.4 Å². The van der Waals surface area contributed by atoms with Gasteiger partial charge in [0, 0.05) is 11.8 Å². The van der Waals surface area contributed by atoms with Crippen LogP contribution in [-0.4, -0.2) is 34.1 Å². The number of sulfonamides is 1. The Morgan fingerprint density at radius 3 is 2.45 bits per heavy atom. The summed E-state index contributed by atoms with van der Waals surface area (Å²) in [5.74, 6) is 0.414. The van der Waals surface area contributed by atoms with E-state index in [2.05, 4.69) is 11.9 Å². The molecule has 3 aromatic carbocycles. The smallest absolute Gasteiger partial charge is 0.264 e. The fourth-order valence-electron chi connectivity index (χ4n) is 3.11. The number of hydrogen-bond donors (Lipinski definition) is 1. The molecule has 0 atom stereocenters. The van der Waals surface area contributed by atoms with E-state index in [-0.39, 0.29) is 10.6 Å². The highest BCUT2D eigenvalue weighted by molar-refractivity contribution is 7.92. The van der Waals surface area contributed by atoms with Crippen LogP contribution in [0.5, 0.6) is 11.5 Å². The number of ether oxygens (including phenoxy) is 2. The van der Waals surface area contributed by atoms with Gasteiger partial charge in [-0.1, -0.05) is 49.1 Å². The molecule has 0 saturated heterocycles. The van der Waals surface area contributed by atoms with Gasteiger partial charge in [0.25, 0.3) is 10.0 Å². The first-order valence-corrected chi connectivity index (χ1v) is 11.8. The van der Waals surface area contributed by atoms with Crippen molar-refractivity contribution >= 4 is 27.3 Å². The maximum Gasteiger partial charge on any atom is 0.264 e. The molecule has 0 saturated carbocycles. The summed E-state index contributed by atoms with van der Waals surface area (Å²) in [6.07, 6.45) is 1.62. The van der Waals surface area contributed by atoms with E-state index in [9.17, 15) is 13.2 Å². The quantitative estimate of drug-likeness (QED) is 0.421. The van der Waals surface area contributed by atoms with Crippen molar-refractivity contribution in [3.8, 4) is 11.5 Å². The lowest BCUT2D eigenvalue weighted by atomic mass is 10.3. The second kappa shape index (κ2) is 11.2. The molecule has 0 aromatic heterocycles. The van der Waals surface area contributed by atoms with E-state index in [1.165, 1.54) is 12.1 Å². The molecule has 3 aromatic rings.